The molecule has 2 N–H and O–H groups in total. The highest BCUT2D eigenvalue weighted by Crippen LogP contribution is 2.20. The summed E-state index contributed by atoms with van der Waals surface area (Å²) in [5.74, 6) is 0.00110. The predicted molar refractivity (Wildman–Crippen MR) is 111 cm³/mol. The molecular weight excluding hydrogens is 352 g/mol. The van der Waals surface area contributed by atoms with Gasteiger partial charge in [0.2, 0.25) is 5.91 Å². The molecule has 2 aromatic rings. The minimum atomic E-state index is -0.492. The van der Waals surface area contributed by atoms with Crippen molar-refractivity contribution in [3.05, 3.63) is 65.2 Å². The van der Waals surface area contributed by atoms with E-state index in [-0.39, 0.29) is 5.91 Å². The number of ether oxygens (including phenoxy) is 1. The number of hydrogen-bond acceptors (Lipinski definition) is 4. The molecule has 1 aliphatic rings. The van der Waals surface area contributed by atoms with Crippen LogP contribution in [-0.4, -0.2) is 48.8 Å². The lowest BCUT2D eigenvalue weighted by molar-refractivity contribution is -0.116. The van der Waals surface area contributed by atoms with Gasteiger partial charge >= 0.3 is 0 Å². The van der Waals surface area contributed by atoms with Crippen molar-refractivity contribution in [2.75, 3.05) is 38.2 Å². The summed E-state index contributed by atoms with van der Waals surface area (Å²) in [5.41, 5.74) is 4.03. The maximum absolute atomic E-state index is 12.2. The number of benzene rings is 2. The number of carbonyl (C=O) groups is 1. The van der Waals surface area contributed by atoms with Crippen molar-refractivity contribution >= 4 is 11.6 Å². The molecule has 1 unspecified atom stereocenters. The van der Waals surface area contributed by atoms with E-state index in [2.05, 4.69) is 41.4 Å². The number of aryl methyl sites for hydroxylation is 2. The van der Waals surface area contributed by atoms with Crippen LogP contribution in [0.4, 0.5) is 5.69 Å². The maximum atomic E-state index is 12.2. The van der Waals surface area contributed by atoms with Crippen molar-refractivity contribution in [2.24, 2.45) is 0 Å². The normalized spacial score (nSPS) is 15.9. The molecule has 0 bridgehead atoms. The number of morpholine rings is 1. The van der Waals surface area contributed by atoms with Crippen molar-refractivity contribution in [2.45, 2.75) is 32.3 Å². The third kappa shape index (κ3) is 6.44. The molecule has 1 fully saturated rings. The fourth-order valence-corrected chi connectivity index (χ4v) is 3.32. The van der Waals surface area contributed by atoms with Gasteiger partial charge in [0.05, 0.1) is 19.3 Å². The van der Waals surface area contributed by atoms with Crippen molar-refractivity contribution in [3.63, 3.8) is 0 Å². The number of nitrogens with one attached hydrogen (secondary N) is 1. The first-order valence-electron chi connectivity index (χ1n) is 10.0. The lowest BCUT2D eigenvalue weighted by Gasteiger charge is -2.27. The summed E-state index contributed by atoms with van der Waals surface area (Å²) in [7, 11) is 0. The first kappa shape index (κ1) is 20.5. The predicted octanol–water partition coefficient (Wildman–Crippen LogP) is 3.32. The maximum Gasteiger partial charge on any atom is 0.224 e. The fourth-order valence-electron chi connectivity index (χ4n) is 3.32. The molecule has 0 aromatic heterocycles. The van der Waals surface area contributed by atoms with Crippen LogP contribution in [0.3, 0.4) is 0 Å². The monoisotopic (exact) mass is 382 g/mol. The SMILES string of the molecule is Cc1ccc(CCC(=O)Nc2ccc(C(O)CCN3CCOCC3)cc2)cc1. The zero-order chi connectivity index (χ0) is 19.8. The second-order valence-electron chi connectivity index (χ2n) is 7.41. The van der Waals surface area contributed by atoms with E-state index in [1.54, 1.807) is 0 Å². The first-order chi connectivity index (χ1) is 13.6. The molecule has 5 nitrogen and oxygen atoms in total. The Morgan fingerprint density at radius 2 is 1.79 bits per heavy atom. The van der Waals surface area contributed by atoms with Crippen molar-refractivity contribution in [1.29, 1.82) is 0 Å². The fraction of sp³-hybridized carbons (Fsp3) is 0.435. The third-order valence-electron chi connectivity index (χ3n) is 5.16. The summed E-state index contributed by atoms with van der Waals surface area (Å²) >= 11 is 0. The Morgan fingerprint density at radius 3 is 2.46 bits per heavy atom. The highest BCUT2D eigenvalue weighted by Gasteiger charge is 2.14. The molecule has 1 heterocycles. The van der Waals surface area contributed by atoms with Crippen LogP contribution in [-0.2, 0) is 16.0 Å². The van der Waals surface area contributed by atoms with Gasteiger partial charge in [-0.3, -0.25) is 9.69 Å². The lowest BCUT2D eigenvalue weighted by Crippen LogP contribution is -2.37. The van der Waals surface area contributed by atoms with Crippen LogP contribution in [0.2, 0.25) is 0 Å². The topological polar surface area (TPSA) is 61.8 Å². The number of amides is 1. The van der Waals surface area contributed by atoms with Crippen LogP contribution in [0.15, 0.2) is 48.5 Å². The van der Waals surface area contributed by atoms with Gasteiger partial charge in [-0.25, -0.2) is 0 Å². The number of nitrogens with zero attached hydrogens (tertiary/aromatic N) is 1. The van der Waals surface area contributed by atoms with E-state index in [0.29, 0.717) is 12.8 Å². The molecule has 0 saturated carbocycles. The zero-order valence-electron chi connectivity index (χ0n) is 16.6. The second-order valence-corrected chi connectivity index (χ2v) is 7.41. The Balaban J connectivity index is 1.42. The quantitative estimate of drug-likeness (QED) is 0.735. The van der Waals surface area contributed by atoms with E-state index in [0.717, 1.165) is 50.5 Å². The number of aliphatic hydroxyl groups excluding tert-OH is 1. The summed E-state index contributed by atoms with van der Waals surface area (Å²) < 4.78 is 5.34. The van der Waals surface area contributed by atoms with E-state index >= 15 is 0 Å². The lowest BCUT2D eigenvalue weighted by atomic mass is 10.1. The molecule has 1 amide bonds. The largest absolute Gasteiger partial charge is 0.388 e. The van der Waals surface area contributed by atoms with Gasteiger partial charge in [-0.15, -0.1) is 0 Å². The van der Waals surface area contributed by atoms with Gasteiger partial charge in [0.15, 0.2) is 0 Å². The summed E-state index contributed by atoms with van der Waals surface area (Å²) in [4.78, 5) is 14.5. The van der Waals surface area contributed by atoms with Crippen LogP contribution < -0.4 is 5.32 Å². The van der Waals surface area contributed by atoms with Gasteiger partial charge in [-0.05, 0) is 43.0 Å². The zero-order valence-corrected chi connectivity index (χ0v) is 16.6. The Labute approximate surface area is 167 Å². The van der Waals surface area contributed by atoms with Crippen LogP contribution in [0.25, 0.3) is 0 Å². The number of rotatable bonds is 8. The van der Waals surface area contributed by atoms with Gasteiger partial charge in [-0.2, -0.15) is 0 Å². The number of anilines is 1. The summed E-state index contributed by atoms with van der Waals surface area (Å²) in [6.45, 7) is 6.32. The molecule has 3 rings (SSSR count). The number of carbonyl (C=O) groups excluding carboxylic acids is 1. The Kier molecular flexibility index (Phi) is 7.60. The van der Waals surface area contributed by atoms with E-state index < -0.39 is 6.10 Å². The number of aliphatic hydroxyl groups is 1. The smallest absolute Gasteiger partial charge is 0.224 e. The van der Waals surface area contributed by atoms with E-state index in [1.165, 1.54) is 11.1 Å². The van der Waals surface area contributed by atoms with Crippen LogP contribution in [0, 0.1) is 6.92 Å². The van der Waals surface area contributed by atoms with Gasteiger partial charge in [0.1, 0.15) is 0 Å². The van der Waals surface area contributed by atoms with E-state index in [9.17, 15) is 9.90 Å². The summed E-state index contributed by atoms with van der Waals surface area (Å²) in [6, 6.07) is 15.8. The van der Waals surface area contributed by atoms with Gasteiger partial charge in [-0.1, -0.05) is 42.0 Å². The molecule has 0 radical (unpaired) electrons. The molecule has 5 heteroatoms. The van der Waals surface area contributed by atoms with Crippen molar-refractivity contribution in [1.82, 2.24) is 4.90 Å². The summed E-state index contributed by atoms with van der Waals surface area (Å²) in [5, 5.41) is 13.3. The minimum absolute atomic E-state index is 0.00110. The standard InChI is InChI=1S/C23H30N2O3/c1-18-2-4-19(5-3-18)6-11-23(27)24-21-9-7-20(8-10-21)22(26)12-13-25-14-16-28-17-15-25/h2-5,7-10,22,26H,6,11-17H2,1H3,(H,24,27). The second kappa shape index (κ2) is 10.4. The minimum Gasteiger partial charge on any atom is -0.388 e. The molecule has 0 spiro atoms. The highest BCUT2D eigenvalue weighted by atomic mass is 16.5. The summed E-state index contributed by atoms with van der Waals surface area (Å²) in [6.07, 6.45) is 1.38. The molecule has 2 aromatic carbocycles. The molecule has 150 valence electrons. The molecule has 1 aliphatic heterocycles. The van der Waals surface area contributed by atoms with E-state index in [4.69, 9.17) is 4.74 Å². The first-order valence-corrected chi connectivity index (χ1v) is 10.0. The van der Waals surface area contributed by atoms with Gasteiger partial charge in [0.25, 0.3) is 0 Å². The number of hydrogen-bond donors (Lipinski definition) is 2. The third-order valence-corrected chi connectivity index (χ3v) is 5.16. The highest BCUT2D eigenvalue weighted by molar-refractivity contribution is 5.90. The van der Waals surface area contributed by atoms with Gasteiger partial charge < -0.3 is 15.2 Å². The van der Waals surface area contributed by atoms with Crippen LogP contribution in [0.5, 0.6) is 0 Å². The van der Waals surface area contributed by atoms with E-state index in [1.807, 2.05) is 24.3 Å². The molecular formula is C23H30N2O3. The molecule has 0 aliphatic carbocycles. The van der Waals surface area contributed by atoms with Gasteiger partial charge in [0, 0.05) is 31.7 Å². The van der Waals surface area contributed by atoms with Crippen LogP contribution >= 0.6 is 0 Å². The Bertz CT molecular complexity index is 737. The molecule has 1 atom stereocenters. The average Bonchev–Trinajstić information content (AvgIpc) is 2.73. The Morgan fingerprint density at radius 1 is 1.11 bits per heavy atom. The van der Waals surface area contributed by atoms with Crippen LogP contribution in [0.1, 0.15) is 35.6 Å². The average molecular weight is 383 g/mol. The molecule has 28 heavy (non-hydrogen) atoms. The molecule has 1 saturated heterocycles. The van der Waals surface area contributed by atoms with Crippen molar-refractivity contribution in [3.8, 4) is 0 Å². The van der Waals surface area contributed by atoms with Crippen molar-refractivity contribution < 1.29 is 14.6 Å². The Hall–Kier alpha value is -2.21.